The van der Waals surface area contributed by atoms with Crippen molar-refractivity contribution in [1.82, 2.24) is 0 Å². The summed E-state index contributed by atoms with van der Waals surface area (Å²) in [5.74, 6) is 0. The summed E-state index contributed by atoms with van der Waals surface area (Å²) >= 11 is 0. The maximum Gasteiger partial charge on any atom is 2.00 e. The van der Waals surface area contributed by atoms with E-state index in [0.717, 1.165) is 0 Å². The Balaban J connectivity index is -0.00000000750. The van der Waals surface area contributed by atoms with Gasteiger partial charge in [0, 0.05) is 22.4 Å². The molecule has 0 unspecified atom stereocenters. The minimum absolute atomic E-state index is 0. The first-order valence-electron chi connectivity index (χ1n) is 0.651. The summed E-state index contributed by atoms with van der Waals surface area (Å²) in [6, 6.07) is 0. The zero-order valence-corrected chi connectivity index (χ0v) is 7.50. The van der Waals surface area contributed by atoms with Crippen LogP contribution >= 0.6 is 0 Å². The molecule has 0 aliphatic carbocycles. The monoisotopic (exact) mass is 227 g/mol. The van der Waals surface area contributed by atoms with Crippen molar-refractivity contribution in [2.24, 2.45) is 0 Å². The molecule has 0 aromatic carbocycles. The van der Waals surface area contributed by atoms with Gasteiger partial charge < -0.3 is 12.4 Å². The van der Waals surface area contributed by atoms with E-state index < -0.39 is 9.17 Å². The second-order valence-electron chi connectivity index (χ2n) is 0.283. The molecular weight excluding hydrogens is 224 g/mol. The smallest absolute Gasteiger partial charge is 1.00 e. The Bertz CT molecular complexity index is 40.3. The molecule has 0 amide bonds. The van der Waals surface area contributed by atoms with Crippen molar-refractivity contribution in [3.63, 3.8) is 0 Å². The van der Waals surface area contributed by atoms with Crippen LogP contribution in [0, 0.1) is 0 Å². The average Bonchev–Trinajstić information content (AvgIpc) is 0.811. The van der Waals surface area contributed by atoms with Gasteiger partial charge in [-0.05, 0) is 0 Å². The Morgan fingerprint density at radius 3 is 1.50 bits per heavy atom. The van der Waals surface area contributed by atoms with Gasteiger partial charge in [0.25, 0.3) is 0 Å². The van der Waals surface area contributed by atoms with Gasteiger partial charge in [-0.1, -0.05) is 0 Å². The molecule has 0 aliphatic rings. The molecule has 0 aromatic rings. The number of hydrogen-bond donors (Lipinski definition) is 2. The van der Waals surface area contributed by atoms with Crippen LogP contribution in [0.5, 0.6) is 0 Å². The zero-order valence-electron chi connectivity index (χ0n) is 4.81. The van der Waals surface area contributed by atoms with Crippen LogP contribution in [0.15, 0.2) is 0 Å². The first kappa shape index (κ1) is 15.6. The van der Waals surface area contributed by atoms with Gasteiger partial charge in [-0.15, -0.1) is 0 Å². The van der Waals surface area contributed by atoms with E-state index in [4.69, 9.17) is 14.1 Å². The fourth-order valence-corrected chi connectivity index (χ4v) is 0. The molecule has 0 aromatic heterocycles. The van der Waals surface area contributed by atoms with Gasteiger partial charge in [-0.2, -0.15) is 0 Å². The first-order valence-corrected chi connectivity index (χ1v) is 1.95. The van der Waals surface area contributed by atoms with Crippen molar-refractivity contribution in [2.45, 2.75) is 0 Å². The third kappa shape index (κ3) is 45.8. The van der Waals surface area contributed by atoms with Crippen LogP contribution in [-0.4, -0.2) is 56.5 Å². The van der Waals surface area contributed by atoms with Crippen molar-refractivity contribution >= 4 is 46.9 Å². The summed E-state index contributed by atoms with van der Waals surface area (Å²) in [5, 5.41) is 0. The van der Waals surface area contributed by atoms with Gasteiger partial charge in [0.1, 0.15) is 0 Å². The van der Waals surface area contributed by atoms with Crippen LogP contribution < -0.4 is 0 Å². The number of hydrogen-bond acceptors (Lipinski definition) is 1. The Kier molecular flexibility index (Phi) is 25.5. The molecule has 0 aliphatic heterocycles. The summed E-state index contributed by atoms with van der Waals surface area (Å²) < 4.78 is 8.74. The topological polar surface area (TPSA) is 57.5 Å². The number of rotatable bonds is 0. The minimum atomic E-state index is -3.13. The largest absolute Gasteiger partial charge is 2.00 e. The summed E-state index contributed by atoms with van der Waals surface area (Å²) in [5.41, 5.74) is 0. The van der Waals surface area contributed by atoms with E-state index >= 15 is 0 Å². The fraction of sp³-hybridized carbons (Fsp3) is 0. The van der Waals surface area contributed by atoms with E-state index in [9.17, 15) is 0 Å². The maximum absolute atomic E-state index is 8.74. The van der Waals surface area contributed by atoms with Crippen molar-refractivity contribution in [2.75, 3.05) is 0 Å². The van der Waals surface area contributed by atoms with Gasteiger partial charge in [0.15, 0.2) is 0 Å². The Morgan fingerprint density at radius 2 is 1.50 bits per heavy atom. The van der Waals surface area contributed by atoms with Crippen LogP contribution in [0.2, 0.25) is 0 Å². The molecule has 3 nitrogen and oxygen atoms in total. The van der Waals surface area contributed by atoms with Crippen molar-refractivity contribution in [3.05, 3.63) is 0 Å². The standard InChI is InChI=1S/Ag.Ca.H2O3Si.2H/c;;1-4(2)3;;/h;;1-2H;;/q;+2;;2*-1. The van der Waals surface area contributed by atoms with E-state index in [2.05, 4.69) is 0 Å². The molecule has 0 fully saturated rings. The predicted octanol–water partition coefficient (Wildman–Crippen LogP) is -1.77. The molecule has 0 atom stereocenters. The molecule has 0 saturated heterocycles. The normalized spacial score (nSPS) is 4.00. The molecule has 0 heterocycles. The van der Waals surface area contributed by atoms with Crippen LogP contribution in [0.1, 0.15) is 2.85 Å². The van der Waals surface area contributed by atoms with Crippen LogP contribution in [0.3, 0.4) is 0 Å². The molecule has 0 rings (SSSR count). The van der Waals surface area contributed by atoms with E-state index in [-0.39, 0.29) is 63.0 Å². The molecule has 6 heteroatoms. The van der Waals surface area contributed by atoms with Gasteiger partial charge in [0.05, 0.1) is 0 Å². The zero-order chi connectivity index (χ0) is 3.58. The second kappa shape index (κ2) is 9.79. The summed E-state index contributed by atoms with van der Waals surface area (Å²) in [4.78, 5) is 14.3. The van der Waals surface area contributed by atoms with Crippen LogP contribution in [0.25, 0.3) is 0 Å². The summed E-state index contributed by atoms with van der Waals surface area (Å²) in [7, 11) is -3.13. The van der Waals surface area contributed by atoms with Crippen molar-refractivity contribution < 1.29 is 39.3 Å². The van der Waals surface area contributed by atoms with E-state index in [1.54, 1.807) is 0 Å². The maximum atomic E-state index is 8.74. The SMILES string of the molecule is O=[Si](O)O.[Ag].[Ca+2].[H-].[H-]. The second-order valence-corrected chi connectivity index (χ2v) is 0.848. The molecular formula is H4AgCaO3Si. The molecule has 2 N–H and O–H groups in total. The average molecular weight is 228 g/mol. The molecule has 0 bridgehead atoms. The van der Waals surface area contributed by atoms with Gasteiger partial charge in [0.2, 0.25) is 0 Å². The van der Waals surface area contributed by atoms with E-state index in [0.29, 0.717) is 0 Å². The van der Waals surface area contributed by atoms with Gasteiger partial charge in [-0.25, -0.2) is 0 Å². The Morgan fingerprint density at radius 1 is 1.50 bits per heavy atom. The predicted molar refractivity (Wildman–Crippen MR) is 18.9 cm³/mol. The quantitative estimate of drug-likeness (QED) is 0.482. The fourth-order valence-electron chi connectivity index (χ4n) is 0. The minimum Gasteiger partial charge on any atom is -1.00 e. The van der Waals surface area contributed by atoms with Crippen molar-refractivity contribution in [3.8, 4) is 0 Å². The molecule has 6 heavy (non-hydrogen) atoms. The Labute approximate surface area is 85.1 Å². The molecule has 0 saturated carbocycles. The van der Waals surface area contributed by atoms with Gasteiger partial charge in [-0.3, -0.25) is 4.46 Å². The van der Waals surface area contributed by atoms with Gasteiger partial charge >= 0.3 is 46.9 Å². The third-order valence-corrected chi connectivity index (χ3v) is 0. The van der Waals surface area contributed by atoms with Crippen LogP contribution in [-0.2, 0) is 26.8 Å². The van der Waals surface area contributed by atoms with Crippen molar-refractivity contribution in [1.29, 1.82) is 0 Å². The van der Waals surface area contributed by atoms with E-state index in [1.807, 2.05) is 0 Å². The molecule has 1 radical (unpaired) electrons. The summed E-state index contributed by atoms with van der Waals surface area (Å²) in [6.07, 6.45) is 0. The molecule has 0 spiro atoms. The Hall–Kier alpha value is 1.62. The first-order chi connectivity index (χ1) is 1.73. The summed E-state index contributed by atoms with van der Waals surface area (Å²) in [6.45, 7) is 0. The van der Waals surface area contributed by atoms with E-state index in [1.165, 1.54) is 0 Å². The molecule has 39 valence electrons. The van der Waals surface area contributed by atoms with Crippen LogP contribution in [0.4, 0.5) is 0 Å². The third-order valence-electron chi connectivity index (χ3n) is 0.